The first-order valence-electron chi connectivity index (χ1n) is 8.01. The second-order valence-electron chi connectivity index (χ2n) is 5.39. The molecule has 0 atom stereocenters. The molecule has 0 saturated carbocycles. The zero-order valence-electron chi connectivity index (χ0n) is 14.1. The van der Waals surface area contributed by atoms with Crippen LogP contribution in [0.25, 0.3) is 0 Å². The van der Waals surface area contributed by atoms with E-state index in [2.05, 4.69) is 97.9 Å². The van der Waals surface area contributed by atoms with Crippen LogP contribution < -0.4 is 20.8 Å². The van der Waals surface area contributed by atoms with E-state index in [1.807, 2.05) is 0 Å². The van der Waals surface area contributed by atoms with Crippen molar-refractivity contribution in [1.29, 1.82) is 0 Å². The molecule has 3 rings (SSSR count). The highest BCUT2D eigenvalue weighted by atomic mass is 31.2. The SMILES string of the molecule is CC[P+](c1ccccc1)(c1ccccc1)c1ccccc1.[O-]P(O)O. The summed E-state index contributed by atoms with van der Waals surface area (Å²) < 4.78 is 0. The van der Waals surface area contributed by atoms with E-state index in [4.69, 9.17) is 14.7 Å². The van der Waals surface area contributed by atoms with Gasteiger partial charge in [-0.2, -0.15) is 0 Å². The minimum atomic E-state index is -2.87. The minimum Gasteiger partial charge on any atom is -0.786 e. The first-order chi connectivity index (χ1) is 12.1. The second-order valence-corrected chi connectivity index (χ2v) is 9.69. The van der Waals surface area contributed by atoms with Crippen molar-refractivity contribution in [2.24, 2.45) is 0 Å². The Morgan fingerprint density at radius 2 is 0.920 bits per heavy atom. The zero-order chi connectivity index (χ0) is 18.1. The van der Waals surface area contributed by atoms with Crippen molar-refractivity contribution >= 4 is 31.8 Å². The second kappa shape index (κ2) is 9.77. The van der Waals surface area contributed by atoms with Gasteiger partial charge in [-0.25, -0.2) is 0 Å². The van der Waals surface area contributed by atoms with Crippen LogP contribution in [-0.2, 0) is 0 Å². The molecule has 0 aromatic heterocycles. The van der Waals surface area contributed by atoms with Crippen LogP contribution in [0.1, 0.15) is 6.92 Å². The lowest BCUT2D eigenvalue weighted by atomic mass is 10.4. The summed E-state index contributed by atoms with van der Waals surface area (Å²) in [5.74, 6) is 0. The highest BCUT2D eigenvalue weighted by molar-refractivity contribution is 7.95. The molecule has 0 aliphatic heterocycles. The maximum Gasteiger partial charge on any atom is 0.111 e. The third-order valence-electron chi connectivity index (χ3n) is 4.07. The van der Waals surface area contributed by atoms with Crippen LogP contribution in [0, 0.1) is 0 Å². The zero-order valence-corrected chi connectivity index (χ0v) is 15.9. The van der Waals surface area contributed by atoms with Gasteiger partial charge in [0.25, 0.3) is 0 Å². The van der Waals surface area contributed by atoms with Crippen LogP contribution in [0.15, 0.2) is 91.0 Å². The predicted molar refractivity (Wildman–Crippen MR) is 107 cm³/mol. The largest absolute Gasteiger partial charge is 0.786 e. The molecule has 0 radical (unpaired) electrons. The van der Waals surface area contributed by atoms with Crippen LogP contribution in [0.3, 0.4) is 0 Å². The lowest BCUT2D eigenvalue weighted by molar-refractivity contribution is -0.193. The van der Waals surface area contributed by atoms with Crippen molar-refractivity contribution < 1.29 is 14.7 Å². The van der Waals surface area contributed by atoms with E-state index >= 15 is 0 Å². The highest BCUT2D eigenvalue weighted by Gasteiger charge is 2.43. The van der Waals surface area contributed by atoms with E-state index in [-0.39, 0.29) is 0 Å². The molecule has 0 fully saturated rings. The molecule has 0 heterocycles. The van der Waals surface area contributed by atoms with Crippen molar-refractivity contribution in [3.05, 3.63) is 91.0 Å². The Morgan fingerprint density at radius 1 is 0.680 bits per heavy atom. The van der Waals surface area contributed by atoms with E-state index in [1.165, 1.54) is 15.9 Å². The first kappa shape index (κ1) is 19.7. The Morgan fingerprint density at radius 3 is 1.12 bits per heavy atom. The summed E-state index contributed by atoms with van der Waals surface area (Å²) in [7, 11) is -4.40. The molecule has 3 aromatic carbocycles. The summed E-state index contributed by atoms with van der Waals surface area (Å²) >= 11 is 0. The molecule has 0 bridgehead atoms. The van der Waals surface area contributed by atoms with Gasteiger partial charge in [-0.05, 0) is 43.3 Å². The third-order valence-corrected chi connectivity index (χ3v) is 8.55. The maximum atomic E-state index is 8.70. The standard InChI is InChI=1S/C20H20P.H2O3P/c1-2-21(18-12-6-3-7-13-18,19-14-8-4-9-15-19)20-16-10-5-11-17-20;1-4(2)3/h3-17H,2H2,1H3;1-2H/q+1;-1. The van der Waals surface area contributed by atoms with E-state index < -0.39 is 15.9 Å². The van der Waals surface area contributed by atoms with Gasteiger partial charge in [0, 0.05) is 0 Å². The molecule has 5 heteroatoms. The normalized spacial score (nSPS) is 10.9. The summed E-state index contributed by atoms with van der Waals surface area (Å²) in [5, 5.41) is 4.39. The lowest BCUT2D eigenvalue weighted by Crippen LogP contribution is -2.32. The Bertz CT molecular complexity index is 635. The van der Waals surface area contributed by atoms with E-state index in [1.54, 1.807) is 0 Å². The fourth-order valence-electron chi connectivity index (χ4n) is 3.04. The van der Waals surface area contributed by atoms with Crippen molar-refractivity contribution in [2.75, 3.05) is 6.16 Å². The average Bonchev–Trinajstić information content (AvgIpc) is 2.65. The molecular formula is C20H22O3P2. The molecule has 0 saturated heterocycles. The summed E-state index contributed by atoms with van der Waals surface area (Å²) in [6, 6.07) is 33.0. The molecule has 0 amide bonds. The summed E-state index contributed by atoms with van der Waals surface area (Å²) in [5.41, 5.74) is 0. The number of benzene rings is 3. The number of rotatable bonds is 4. The van der Waals surface area contributed by atoms with Gasteiger partial charge in [0.2, 0.25) is 0 Å². The number of hydrogen-bond acceptors (Lipinski definition) is 3. The molecule has 0 spiro atoms. The van der Waals surface area contributed by atoms with Gasteiger partial charge in [-0.1, -0.05) is 54.6 Å². The van der Waals surface area contributed by atoms with E-state index in [0.717, 1.165) is 6.16 Å². The molecular weight excluding hydrogens is 350 g/mol. The van der Waals surface area contributed by atoms with Gasteiger partial charge in [0.05, 0.1) is 14.8 Å². The summed E-state index contributed by atoms with van der Waals surface area (Å²) in [4.78, 5) is 22.9. The Kier molecular flexibility index (Phi) is 7.71. The topological polar surface area (TPSA) is 63.5 Å². The molecule has 0 aliphatic rings. The molecule has 0 unspecified atom stereocenters. The van der Waals surface area contributed by atoms with Gasteiger partial charge in [0.15, 0.2) is 0 Å². The van der Waals surface area contributed by atoms with Crippen LogP contribution in [0.2, 0.25) is 0 Å². The van der Waals surface area contributed by atoms with Gasteiger partial charge < -0.3 is 14.7 Å². The van der Waals surface area contributed by atoms with Crippen molar-refractivity contribution in [1.82, 2.24) is 0 Å². The summed E-state index contributed by atoms with van der Waals surface area (Å²) in [6.07, 6.45) is 1.14. The molecule has 2 N–H and O–H groups in total. The lowest BCUT2D eigenvalue weighted by Gasteiger charge is -2.26. The van der Waals surface area contributed by atoms with E-state index in [0.29, 0.717) is 0 Å². The van der Waals surface area contributed by atoms with Crippen LogP contribution in [0.5, 0.6) is 0 Å². The smallest absolute Gasteiger partial charge is 0.111 e. The summed E-state index contributed by atoms with van der Waals surface area (Å²) in [6.45, 7) is 2.32. The predicted octanol–water partition coefficient (Wildman–Crippen LogP) is 2.56. The number of hydrogen-bond donors (Lipinski definition) is 2. The van der Waals surface area contributed by atoms with Crippen LogP contribution in [-0.4, -0.2) is 15.9 Å². The van der Waals surface area contributed by atoms with Crippen LogP contribution >= 0.6 is 15.9 Å². The fourth-order valence-corrected chi connectivity index (χ4v) is 7.08. The van der Waals surface area contributed by atoms with Crippen molar-refractivity contribution in [3.8, 4) is 0 Å². The highest BCUT2D eigenvalue weighted by Crippen LogP contribution is 2.54. The van der Waals surface area contributed by atoms with Crippen molar-refractivity contribution in [2.45, 2.75) is 6.92 Å². The average molecular weight is 372 g/mol. The minimum absolute atomic E-state index is 1.14. The van der Waals surface area contributed by atoms with Crippen molar-refractivity contribution in [3.63, 3.8) is 0 Å². The quantitative estimate of drug-likeness (QED) is 0.692. The fraction of sp³-hybridized carbons (Fsp3) is 0.100. The monoisotopic (exact) mass is 372 g/mol. The first-order valence-corrected chi connectivity index (χ1v) is 11.1. The third kappa shape index (κ3) is 4.95. The van der Waals surface area contributed by atoms with Gasteiger partial charge >= 0.3 is 0 Å². The Hall–Kier alpha value is -1.60. The molecule has 25 heavy (non-hydrogen) atoms. The molecule has 3 nitrogen and oxygen atoms in total. The maximum absolute atomic E-state index is 8.70. The molecule has 130 valence electrons. The van der Waals surface area contributed by atoms with E-state index in [9.17, 15) is 0 Å². The Balaban J connectivity index is 0.000000511. The van der Waals surface area contributed by atoms with Gasteiger partial charge in [0.1, 0.15) is 23.2 Å². The Labute approximate surface area is 151 Å². The van der Waals surface area contributed by atoms with Crippen LogP contribution in [0.4, 0.5) is 0 Å². The molecule has 0 aliphatic carbocycles. The molecule has 3 aromatic rings. The van der Waals surface area contributed by atoms with Gasteiger partial charge in [-0.3, -0.25) is 0 Å². The van der Waals surface area contributed by atoms with Gasteiger partial charge in [-0.15, -0.1) is 0 Å².